The molecule has 0 saturated carbocycles. The van der Waals surface area contributed by atoms with Gasteiger partial charge in [0.25, 0.3) is 5.91 Å². The minimum atomic E-state index is 0.0448. The summed E-state index contributed by atoms with van der Waals surface area (Å²) in [4.78, 5) is 26.2. The zero-order chi connectivity index (χ0) is 18.8. The Morgan fingerprint density at radius 1 is 1.15 bits per heavy atom. The van der Waals surface area contributed by atoms with Gasteiger partial charge in [-0.3, -0.25) is 4.79 Å². The molecule has 4 rings (SSSR count). The second kappa shape index (κ2) is 7.48. The number of carbonyl (C=O) groups excluding carboxylic acids is 1. The van der Waals surface area contributed by atoms with Gasteiger partial charge >= 0.3 is 0 Å². The first kappa shape index (κ1) is 17.7. The predicted molar refractivity (Wildman–Crippen MR) is 102 cm³/mol. The van der Waals surface area contributed by atoms with Crippen LogP contribution in [-0.4, -0.2) is 72.6 Å². The van der Waals surface area contributed by atoms with E-state index in [2.05, 4.69) is 24.5 Å². The van der Waals surface area contributed by atoms with Crippen LogP contribution in [0.2, 0.25) is 0 Å². The van der Waals surface area contributed by atoms with Crippen LogP contribution in [-0.2, 0) is 13.5 Å². The van der Waals surface area contributed by atoms with Crippen molar-refractivity contribution >= 4 is 11.6 Å². The van der Waals surface area contributed by atoms with Gasteiger partial charge in [0.1, 0.15) is 5.82 Å². The SMILES string of the molecule is Cc1c(C(=O)N2CCCN(CCc3nccn3C)CC2)cnc2ccnn12. The lowest BCUT2D eigenvalue weighted by molar-refractivity contribution is 0.0759. The van der Waals surface area contributed by atoms with Gasteiger partial charge in [0, 0.05) is 64.3 Å². The van der Waals surface area contributed by atoms with Crippen LogP contribution in [0.3, 0.4) is 0 Å². The summed E-state index contributed by atoms with van der Waals surface area (Å²) < 4.78 is 3.79. The van der Waals surface area contributed by atoms with Crippen LogP contribution in [0.1, 0.15) is 28.3 Å². The van der Waals surface area contributed by atoms with E-state index in [-0.39, 0.29) is 5.91 Å². The highest BCUT2D eigenvalue weighted by molar-refractivity contribution is 5.95. The molecule has 0 atom stereocenters. The Balaban J connectivity index is 1.40. The van der Waals surface area contributed by atoms with E-state index in [1.165, 1.54) is 0 Å². The highest BCUT2D eigenvalue weighted by Gasteiger charge is 2.23. The molecule has 1 aliphatic heterocycles. The molecule has 0 N–H and O–H groups in total. The first-order valence-electron chi connectivity index (χ1n) is 9.40. The smallest absolute Gasteiger partial charge is 0.257 e. The van der Waals surface area contributed by atoms with Crippen molar-refractivity contribution in [1.29, 1.82) is 0 Å². The van der Waals surface area contributed by atoms with Gasteiger partial charge in [0.05, 0.1) is 17.5 Å². The zero-order valence-corrected chi connectivity index (χ0v) is 15.9. The Labute approximate surface area is 158 Å². The van der Waals surface area contributed by atoms with Gasteiger partial charge in [-0.1, -0.05) is 0 Å². The molecule has 0 aliphatic carbocycles. The van der Waals surface area contributed by atoms with E-state index in [4.69, 9.17) is 0 Å². The first-order chi connectivity index (χ1) is 13.1. The molecule has 8 nitrogen and oxygen atoms in total. The quantitative estimate of drug-likeness (QED) is 0.692. The topological polar surface area (TPSA) is 71.6 Å². The minimum absolute atomic E-state index is 0.0448. The molecule has 3 aromatic rings. The number of nitrogens with zero attached hydrogens (tertiary/aromatic N) is 7. The van der Waals surface area contributed by atoms with Crippen LogP contribution in [0.15, 0.2) is 30.9 Å². The predicted octanol–water partition coefficient (Wildman–Crippen LogP) is 1.16. The van der Waals surface area contributed by atoms with Crippen molar-refractivity contribution in [3.8, 4) is 0 Å². The standard InChI is InChI=1S/C19H25N7O/c1-15-16(14-21-18-4-6-22-26(15)18)19(27)25-9-3-8-24(12-13-25)10-5-17-20-7-11-23(17)2/h4,6-7,11,14H,3,5,8-10,12-13H2,1-2H3. The maximum Gasteiger partial charge on any atom is 0.257 e. The highest BCUT2D eigenvalue weighted by atomic mass is 16.2. The molecule has 1 fully saturated rings. The van der Waals surface area contributed by atoms with Gasteiger partial charge in [0.2, 0.25) is 0 Å². The number of hydrogen-bond donors (Lipinski definition) is 0. The molecular formula is C19H25N7O. The third kappa shape index (κ3) is 3.57. The number of carbonyl (C=O) groups is 1. The van der Waals surface area contributed by atoms with E-state index in [9.17, 15) is 4.79 Å². The lowest BCUT2D eigenvalue weighted by atomic mass is 10.2. The Kier molecular flexibility index (Phi) is 4.89. The van der Waals surface area contributed by atoms with Crippen LogP contribution >= 0.6 is 0 Å². The maximum absolute atomic E-state index is 13.0. The number of imidazole rings is 1. The van der Waals surface area contributed by atoms with E-state index in [0.29, 0.717) is 5.56 Å². The van der Waals surface area contributed by atoms with Gasteiger partial charge in [-0.05, 0) is 19.9 Å². The Bertz CT molecular complexity index is 945. The minimum Gasteiger partial charge on any atom is -0.338 e. The average molecular weight is 367 g/mol. The van der Waals surface area contributed by atoms with E-state index in [0.717, 1.165) is 62.7 Å². The van der Waals surface area contributed by atoms with Crippen LogP contribution in [0.25, 0.3) is 5.65 Å². The number of aromatic nitrogens is 5. The second-order valence-corrected chi connectivity index (χ2v) is 7.05. The molecule has 0 unspecified atom stereocenters. The van der Waals surface area contributed by atoms with E-state index < -0.39 is 0 Å². The third-order valence-corrected chi connectivity index (χ3v) is 5.33. The molecule has 0 spiro atoms. The fourth-order valence-electron chi connectivity index (χ4n) is 3.66. The molecular weight excluding hydrogens is 342 g/mol. The molecule has 0 bridgehead atoms. The molecule has 0 aromatic carbocycles. The molecule has 4 heterocycles. The first-order valence-corrected chi connectivity index (χ1v) is 9.40. The van der Waals surface area contributed by atoms with E-state index in [1.54, 1.807) is 16.9 Å². The van der Waals surface area contributed by atoms with Crippen molar-refractivity contribution in [2.75, 3.05) is 32.7 Å². The van der Waals surface area contributed by atoms with Crippen molar-refractivity contribution in [3.05, 3.63) is 47.9 Å². The van der Waals surface area contributed by atoms with Crippen LogP contribution in [0.5, 0.6) is 0 Å². The van der Waals surface area contributed by atoms with Gasteiger partial charge < -0.3 is 14.4 Å². The molecule has 142 valence electrons. The number of aryl methyl sites for hydroxylation is 2. The maximum atomic E-state index is 13.0. The van der Waals surface area contributed by atoms with Crippen molar-refractivity contribution < 1.29 is 4.79 Å². The summed E-state index contributed by atoms with van der Waals surface area (Å²) in [5.41, 5.74) is 2.24. The van der Waals surface area contributed by atoms with Gasteiger partial charge in [-0.2, -0.15) is 5.10 Å². The monoisotopic (exact) mass is 367 g/mol. The summed E-state index contributed by atoms with van der Waals surface area (Å²) in [6.07, 6.45) is 9.10. The van der Waals surface area contributed by atoms with Gasteiger partial charge in [-0.25, -0.2) is 14.5 Å². The second-order valence-electron chi connectivity index (χ2n) is 7.05. The Morgan fingerprint density at radius 2 is 2.04 bits per heavy atom. The van der Waals surface area contributed by atoms with Crippen molar-refractivity contribution in [2.45, 2.75) is 19.8 Å². The molecule has 3 aromatic heterocycles. The summed E-state index contributed by atoms with van der Waals surface area (Å²) in [5, 5.41) is 4.26. The van der Waals surface area contributed by atoms with E-state index in [1.807, 2.05) is 37.3 Å². The molecule has 27 heavy (non-hydrogen) atoms. The van der Waals surface area contributed by atoms with Crippen LogP contribution < -0.4 is 0 Å². The summed E-state index contributed by atoms with van der Waals surface area (Å²) >= 11 is 0. The number of amides is 1. The third-order valence-electron chi connectivity index (χ3n) is 5.33. The lowest BCUT2D eigenvalue weighted by Crippen LogP contribution is -2.36. The Morgan fingerprint density at radius 3 is 2.85 bits per heavy atom. The summed E-state index contributed by atoms with van der Waals surface area (Å²) in [7, 11) is 2.03. The Hall–Kier alpha value is -2.74. The summed E-state index contributed by atoms with van der Waals surface area (Å²) in [6.45, 7) is 6.28. The van der Waals surface area contributed by atoms with Crippen molar-refractivity contribution in [1.82, 2.24) is 33.9 Å². The van der Waals surface area contributed by atoms with Gasteiger partial charge in [-0.15, -0.1) is 0 Å². The fraction of sp³-hybridized carbons (Fsp3) is 0.474. The molecule has 1 aliphatic rings. The number of hydrogen-bond acceptors (Lipinski definition) is 5. The lowest BCUT2D eigenvalue weighted by Gasteiger charge is -2.22. The molecule has 1 saturated heterocycles. The highest BCUT2D eigenvalue weighted by Crippen LogP contribution is 2.14. The average Bonchev–Trinajstić information content (AvgIpc) is 3.24. The largest absolute Gasteiger partial charge is 0.338 e. The van der Waals surface area contributed by atoms with Gasteiger partial charge in [0.15, 0.2) is 5.65 Å². The number of rotatable bonds is 4. The summed E-state index contributed by atoms with van der Waals surface area (Å²) in [6, 6.07) is 1.84. The molecule has 1 amide bonds. The molecule has 8 heteroatoms. The zero-order valence-electron chi connectivity index (χ0n) is 15.9. The van der Waals surface area contributed by atoms with Crippen LogP contribution in [0, 0.1) is 6.92 Å². The van der Waals surface area contributed by atoms with Crippen LogP contribution in [0.4, 0.5) is 0 Å². The van der Waals surface area contributed by atoms with Crippen molar-refractivity contribution in [3.63, 3.8) is 0 Å². The van der Waals surface area contributed by atoms with Crippen molar-refractivity contribution in [2.24, 2.45) is 7.05 Å². The molecule has 0 radical (unpaired) electrons. The summed E-state index contributed by atoms with van der Waals surface area (Å²) in [5.74, 6) is 1.14. The normalized spacial score (nSPS) is 16.0. The number of fused-ring (bicyclic) bond motifs is 1. The van der Waals surface area contributed by atoms with E-state index >= 15 is 0 Å². The fourth-order valence-corrected chi connectivity index (χ4v) is 3.66.